The zero-order chi connectivity index (χ0) is 16.4. The van der Waals surface area contributed by atoms with Crippen LogP contribution in [0.25, 0.3) is 0 Å². The lowest BCUT2D eigenvalue weighted by Crippen LogP contribution is -2.29. The summed E-state index contributed by atoms with van der Waals surface area (Å²) in [5, 5.41) is 5.65. The quantitative estimate of drug-likeness (QED) is 0.737. The Bertz CT molecular complexity index is 811. The number of rotatable bonds is 6. The molecule has 3 aromatic rings. The van der Waals surface area contributed by atoms with Crippen LogP contribution in [-0.4, -0.2) is 20.1 Å². The van der Waals surface area contributed by atoms with Crippen LogP contribution in [0.5, 0.6) is 0 Å². The molecule has 1 atom stereocenters. The maximum Gasteiger partial charge on any atom is 0.246 e. The minimum Gasteiger partial charge on any atom is -0.469 e. The van der Waals surface area contributed by atoms with Gasteiger partial charge in [-0.15, -0.1) is 11.3 Å². The van der Waals surface area contributed by atoms with Gasteiger partial charge in [0.15, 0.2) is 5.76 Å². The van der Waals surface area contributed by atoms with Crippen LogP contribution in [0.3, 0.4) is 0 Å². The van der Waals surface area contributed by atoms with E-state index in [9.17, 15) is 8.42 Å². The van der Waals surface area contributed by atoms with Crippen LogP contribution in [0.1, 0.15) is 28.0 Å². The SMILES string of the molecule is Cc1noc(C)c1S(=O)(=O)NC[C@@H](c1ccco1)c1cccs1. The largest absolute Gasteiger partial charge is 0.469 e. The van der Waals surface area contributed by atoms with Crippen LogP contribution in [0.4, 0.5) is 0 Å². The summed E-state index contributed by atoms with van der Waals surface area (Å²) in [5.41, 5.74) is 0.348. The van der Waals surface area contributed by atoms with E-state index in [-0.39, 0.29) is 23.1 Å². The maximum atomic E-state index is 12.5. The van der Waals surface area contributed by atoms with Gasteiger partial charge in [-0.2, -0.15) is 0 Å². The molecule has 0 bridgehead atoms. The monoisotopic (exact) mass is 352 g/mol. The van der Waals surface area contributed by atoms with Gasteiger partial charge in [0.2, 0.25) is 10.0 Å². The summed E-state index contributed by atoms with van der Waals surface area (Å²) < 4.78 is 38.1. The molecule has 3 rings (SSSR count). The van der Waals surface area contributed by atoms with E-state index in [1.165, 1.54) is 0 Å². The molecule has 8 heteroatoms. The first-order chi connectivity index (χ1) is 11.0. The molecule has 3 aromatic heterocycles. The lowest BCUT2D eigenvalue weighted by atomic mass is 10.1. The maximum absolute atomic E-state index is 12.5. The fourth-order valence-electron chi connectivity index (χ4n) is 2.44. The number of furan rings is 1. The van der Waals surface area contributed by atoms with Gasteiger partial charge in [0.25, 0.3) is 0 Å². The summed E-state index contributed by atoms with van der Waals surface area (Å²) in [4.78, 5) is 1.13. The number of hydrogen-bond acceptors (Lipinski definition) is 6. The van der Waals surface area contributed by atoms with Gasteiger partial charge in [0.1, 0.15) is 16.3 Å². The van der Waals surface area contributed by atoms with E-state index < -0.39 is 10.0 Å². The fourth-order valence-corrected chi connectivity index (χ4v) is 4.65. The second kappa shape index (κ2) is 6.31. The minimum absolute atomic E-state index is 0.0990. The number of thiophene rings is 1. The van der Waals surface area contributed by atoms with Crippen molar-refractivity contribution in [2.75, 3.05) is 6.54 Å². The molecule has 122 valence electrons. The van der Waals surface area contributed by atoms with E-state index in [0.717, 1.165) is 4.88 Å². The van der Waals surface area contributed by atoms with Crippen molar-refractivity contribution < 1.29 is 17.4 Å². The van der Waals surface area contributed by atoms with E-state index in [4.69, 9.17) is 8.94 Å². The van der Waals surface area contributed by atoms with Gasteiger partial charge in [-0.05, 0) is 37.4 Å². The molecule has 0 aliphatic rings. The molecule has 0 aliphatic heterocycles. The highest BCUT2D eigenvalue weighted by Crippen LogP contribution is 2.29. The highest BCUT2D eigenvalue weighted by molar-refractivity contribution is 7.89. The van der Waals surface area contributed by atoms with Crippen LogP contribution < -0.4 is 4.72 Å². The number of aromatic nitrogens is 1. The summed E-state index contributed by atoms with van der Waals surface area (Å²) in [6, 6.07) is 7.52. The third-order valence-electron chi connectivity index (χ3n) is 3.49. The van der Waals surface area contributed by atoms with Crippen molar-refractivity contribution in [3.63, 3.8) is 0 Å². The molecular weight excluding hydrogens is 336 g/mol. The molecular formula is C15H16N2O4S2. The topological polar surface area (TPSA) is 85.3 Å². The van der Waals surface area contributed by atoms with Gasteiger partial charge >= 0.3 is 0 Å². The van der Waals surface area contributed by atoms with Gasteiger partial charge in [-0.25, -0.2) is 13.1 Å². The Kier molecular flexibility index (Phi) is 4.38. The number of nitrogens with one attached hydrogen (secondary N) is 1. The van der Waals surface area contributed by atoms with Crippen molar-refractivity contribution >= 4 is 21.4 Å². The van der Waals surface area contributed by atoms with Crippen molar-refractivity contribution in [3.8, 4) is 0 Å². The number of hydrogen-bond donors (Lipinski definition) is 1. The normalized spacial score (nSPS) is 13.3. The Balaban J connectivity index is 1.85. The molecule has 0 radical (unpaired) electrons. The first-order valence-corrected chi connectivity index (χ1v) is 9.34. The average Bonchev–Trinajstić information content (AvgIpc) is 3.22. The van der Waals surface area contributed by atoms with Crippen LogP contribution in [0.15, 0.2) is 49.7 Å². The summed E-state index contributed by atoms with van der Waals surface area (Å²) >= 11 is 1.56. The van der Waals surface area contributed by atoms with Gasteiger partial charge in [0.05, 0.1) is 12.2 Å². The average molecular weight is 352 g/mol. The van der Waals surface area contributed by atoms with E-state index in [1.54, 1.807) is 37.5 Å². The lowest BCUT2D eigenvalue weighted by molar-refractivity contribution is 0.390. The predicted octanol–water partition coefficient (Wildman–Crippen LogP) is 3.06. The Morgan fingerprint density at radius 3 is 2.70 bits per heavy atom. The van der Waals surface area contributed by atoms with Gasteiger partial charge in [-0.3, -0.25) is 0 Å². The number of aryl methyl sites for hydroxylation is 2. The Morgan fingerprint density at radius 2 is 2.13 bits per heavy atom. The zero-order valence-corrected chi connectivity index (χ0v) is 14.3. The van der Waals surface area contributed by atoms with E-state index in [1.807, 2.05) is 23.6 Å². The van der Waals surface area contributed by atoms with Crippen molar-refractivity contribution in [1.29, 1.82) is 0 Å². The Morgan fingerprint density at radius 1 is 1.30 bits per heavy atom. The molecule has 0 aliphatic carbocycles. The minimum atomic E-state index is -3.70. The fraction of sp³-hybridized carbons (Fsp3) is 0.267. The van der Waals surface area contributed by atoms with Crippen molar-refractivity contribution in [2.24, 2.45) is 0 Å². The van der Waals surface area contributed by atoms with E-state index in [0.29, 0.717) is 11.5 Å². The van der Waals surface area contributed by atoms with Crippen LogP contribution in [0.2, 0.25) is 0 Å². The van der Waals surface area contributed by atoms with E-state index >= 15 is 0 Å². The first kappa shape index (κ1) is 16.0. The molecule has 0 unspecified atom stereocenters. The zero-order valence-electron chi connectivity index (χ0n) is 12.6. The second-order valence-corrected chi connectivity index (χ2v) is 7.77. The van der Waals surface area contributed by atoms with Gasteiger partial charge in [-0.1, -0.05) is 11.2 Å². The third-order valence-corrected chi connectivity index (χ3v) is 6.14. The molecule has 0 spiro atoms. The van der Waals surface area contributed by atoms with Crippen LogP contribution in [-0.2, 0) is 10.0 Å². The van der Waals surface area contributed by atoms with Crippen molar-refractivity contribution in [2.45, 2.75) is 24.7 Å². The Labute approximate surface area is 138 Å². The van der Waals surface area contributed by atoms with E-state index in [2.05, 4.69) is 9.88 Å². The molecule has 0 saturated heterocycles. The molecule has 0 saturated carbocycles. The summed E-state index contributed by atoms with van der Waals surface area (Å²) in [6.45, 7) is 3.38. The molecule has 23 heavy (non-hydrogen) atoms. The van der Waals surface area contributed by atoms with Crippen molar-refractivity contribution in [3.05, 3.63) is 58.0 Å². The second-order valence-electron chi connectivity index (χ2n) is 5.09. The predicted molar refractivity (Wildman–Crippen MR) is 86.0 cm³/mol. The molecule has 0 fully saturated rings. The smallest absolute Gasteiger partial charge is 0.246 e. The summed E-state index contributed by atoms with van der Waals surface area (Å²) in [5.74, 6) is 0.815. The molecule has 6 nitrogen and oxygen atoms in total. The van der Waals surface area contributed by atoms with Gasteiger partial charge in [0, 0.05) is 11.4 Å². The Hall–Kier alpha value is -1.90. The summed E-state index contributed by atoms with van der Waals surface area (Å²) in [6.07, 6.45) is 1.58. The van der Waals surface area contributed by atoms with Crippen LogP contribution in [0, 0.1) is 13.8 Å². The molecule has 1 N–H and O–H groups in total. The van der Waals surface area contributed by atoms with Crippen molar-refractivity contribution in [1.82, 2.24) is 9.88 Å². The third kappa shape index (κ3) is 3.24. The standard InChI is InChI=1S/C15H16N2O4S2/c1-10-15(11(2)21-17-10)23(18,19)16-9-12(13-5-3-7-20-13)14-6-4-8-22-14/h3-8,12,16H,9H2,1-2H3/t12-/m0/s1. The lowest BCUT2D eigenvalue weighted by Gasteiger charge is -2.14. The molecule has 0 amide bonds. The summed E-state index contributed by atoms with van der Waals surface area (Å²) in [7, 11) is -3.70. The number of nitrogens with zero attached hydrogens (tertiary/aromatic N) is 1. The first-order valence-electron chi connectivity index (χ1n) is 6.98. The molecule has 0 aromatic carbocycles. The highest BCUT2D eigenvalue weighted by Gasteiger charge is 2.27. The highest BCUT2D eigenvalue weighted by atomic mass is 32.2. The number of sulfonamides is 1. The van der Waals surface area contributed by atoms with Crippen LogP contribution >= 0.6 is 11.3 Å². The van der Waals surface area contributed by atoms with Gasteiger partial charge < -0.3 is 8.94 Å². The molecule has 3 heterocycles.